The van der Waals surface area contributed by atoms with Crippen LogP contribution >= 0.6 is 7.60 Å². The molecule has 2 aromatic heterocycles. The van der Waals surface area contributed by atoms with Crippen LogP contribution in [0.5, 0.6) is 0 Å². The Morgan fingerprint density at radius 3 is 2.89 bits per heavy atom. The van der Waals surface area contributed by atoms with E-state index in [1.165, 1.54) is 17.4 Å². The van der Waals surface area contributed by atoms with Gasteiger partial charge in [-0.3, -0.25) is 4.57 Å². The van der Waals surface area contributed by atoms with Crippen LogP contribution in [0.4, 0.5) is 5.82 Å². The van der Waals surface area contributed by atoms with E-state index in [1.807, 2.05) is 0 Å². The summed E-state index contributed by atoms with van der Waals surface area (Å²) in [7, 11) is -3.98. The van der Waals surface area contributed by atoms with Gasteiger partial charge >= 0.3 is 7.60 Å². The molecule has 98 valence electrons. The second kappa shape index (κ2) is 4.89. The SMILES string of the molecule is Nc1ncnc2c1ncn2OCCCP(=O)(O)O. The summed E-state index contributed by atoms with van der Waals surface area (Å²) in [6.07, 6.45) is 2.67. The molecule has 9 nitrogen and oxygen atoms in total. The van der Waals surface area contributed by atoms with Gasteiger partial charge in [-0.15, -0.1) is 0 Å². The second-order valence-electron chi connectivity index (χ2n) is 3.58. The van der Waals surface area contributed by atoms with Gasteiger partial charge in [0.2, 0.25) is 5.65 Å². The maximum absolute atomic E-state index is 10.6. The third-order valence-corrected chi connectivity index (χ3v) is 3.05. The van der Waals surface area contributed by atoms with Gasteiger partial charge in [0.1, 0.15) is 19.3 Å². The van der Waals surface area contributed by atoms with Gasteiger partial charge in [0.25, 0.3) is 0 Å². The largest absolute Gasteiger partial charge is 0.411 e. The molecule has 0 atom stereocenters. The van der Waals surface area contributed by atoms with Crippen molar-refractivity contribution in [3.8, 4) is 0 Å². The molecule has 4 N–H and O–H groups in total. The zero-order chi connectivity index (χ0) is 13.2. The number of anilines is 1. The molecule has 0 spiro atoms. The monoisotopic (exact) mass is 273 g/mol. The smallest absolute Gasteiger partial charge is 0.325 e. The van der Waals surface area contributed by atoms with E-state index in [4.69, 9.17) is 20.4 Å². The number of hydrogen-bond donors (Lipinski definition) is 3. The Balaban J connectivity index is 2.00. The van der Waals surface area contributed by atoms with Gasteiger partial charge in [-0.1, -0.05) is 0 Å². The summed E-state index contributed by atoms with van der Waals surface area (Å²) in [5, 5.41) is 0. The van der Waals surface area contributed by atoms with Gasteiger partial charge < -0.3 is 20.4 Å². The van der Waals surface area contributed by atoms with Crippen molar-refractivity contribution in [2.75, 3.05) is 18.5 Å². The van der Waals surface area contributed by atoms with Crippen LogP contribution in [0, 0.1) is 0 Å². The first-order valence-corrected chi connectivity index (χ1v) is 6.88. The lowest BCUT2D eigenvalue weighted by molar-refractivity contribution is 0.117. The highest BCUT2D eigenvalue weighted by Gasteiger charge is 2.12. The lowest BCUT2D eigenvalue weighted by atomic mass is 10.5. The van der Waals surface area contributed by atoms with Crippen molar-refractivity contribution in [2.45, 2.75) is 6.42 Å². The molecule has 0 amide bonds. The van der Waals surface area contributed by atoms with E-state index in [1.54, 1.807) is 0 Å². The van der Waals surface area contributed by atoms with Crippen molar-refractivity contribution < 1.29 is 19.2 Å². The molecule has 0 aliphatic heterocycles. The van der Waals surface area contributed by atoms with E-state index in [2.05, 4.69) is 15.0 Å². The first kappa shape index (κ1) is 12.7. The minimum absolute atomic E-state index is 0.139. The van der Waals surface area contributed by atoms with Crippen LogP contribution in [0.1, 0.15) is 6.42 Å². The zero-order valence-corrected chi connectivity index (χ0v) is 10.2. The number of nitrogens with two attached hydrogens (primary N) is 1. The minimum Gasteiger partial charge on any atom is -0.411 e. The Hall–Kier alpha value is -1.70. The van der Waals surface area contributed by atoms with Crippen molar-refractivity contribution >= 4 is 24.6 Å². The second-order valence-corrected chi connectivity index (χ2v) is 5.35. The van der Waals surface area contributed by atoms with E-state index in [0.717, 1.165) is 0 Å². The molecular formula is C8H12N5O4P. The molecule has 2 rings (SSSR count). The molecule has 0 saturated carbocycles. The molecule has 2 heterocycles. The van der Waals surface area contributed by atoms with Gasteiger partial charge in [0.05, 0.1) is 6.16 Å². The number of fused-ring (bicyclic) bond motifs is 1. The van der Waals surface area contributed by atoms with Crippen molar-refractivity contribution in [3.63, 3.8) is 0 Å². The van der Waals surface area contributed by atoms with Crippen LogP contribution in [-0.4, -0.2) is 42.2 Å². The Kier molecular flexibility index (Phi) is 3.46. The number of imidazole rings is 1. The normalized spacial score (nSPS) is 11.9. The quantitative estimate of drug-likeness (QED) is 0.485. The molecule has 0 radical (unpaired) electrons. The van der Waals surface area contributed by atoms with E-state index >= 15 is 0 Å². The van der Waals surface area contributed by atoms with E-state index in [0.29, 0.717) is 11.2 Å². The van der Waals surface area contributed by atoms with Crippen LogP contribution in [-0.2, 0) is 4.57 Å². The molecule has 10 heteroatoms. The number of rotatable bonds is 5. The molecule has 2 aromatic rings. The summed E-state index contributed by atoms with van der Waals surface area (Å²) in [6, 6.07) is 0. The average molecular weight is 273 g/mol. The summed E-state index contributed by atoms with van der Waals surface area (Å²) in [6.45, 7) is 0.139. The average Bonchev–Trinajstić information content (AvgIpc) is 2.68. The molecule has 0 unspecified atom stereocenters. The van der Waals surface area contributed by atoms with Crippen LogP contribution < -0.4 is 10.6 Å². The zero-order valence-electron chi connectivity index (χ0n) is 9.30. The van der Waals surface area contributed by atoms with E-state index < -0.39 is 7.60 Å². The summed E-state index contributed by atoms with van der Waals surface area (Å²) in [5.74, 6) is 0.248. The molecule has 0 aliphatic rings. The number of aromatic nitrogens is 4. The fourth-order valence-electron chi connectivity index (χ4n) is 1.36. The number of nitrogens with zero attached hydrogens (tertiary/aromatic N) is 4. The molecule has 0 saturated heterocycles. The molecule has 0 bridgehead atoms. The number of hydrogen-bond acceptors (Lipinski definition) is 6. The van der Waals surface area contributed by atoms with Crippen LogP contribution in [0.25, 0.3) is 11.2 Å². The predicted octanol–water partition coefficient (Wildman–Crippen LogP) is -0.595. The van der Waals surface area contributed by atoms with Gasteiger partial charge in [0.15, 0.2) is 11.3 Å². The van der Waals surface area contributed by atoms with Gasteiger partial charge in [-0.05, 0) is 6.42 Å². The summed E-state index contributed by atoms with van der Waals surface area (Å²) in [4.78, 5) is 34.4. The number of nitrogen functional groups attached to an aromatic ring is 1. The van der Waals surface area contributed by atoms with E-state index in [9.17, 15) is 4.57 Å². The molecule has 0 aromatic carbocycles. The fraction of sp³-hybridized carbons (Fsp3) is 0.375. The Morgan fingerprint density at radius 1 is 1.39 bits per heavy atom. The molecule has 0 fully saturated rings. The maximum Gasteiger partial charge on any atom is 0.325 e. The molecule has 0 aliphatic carbocycles. The van der Waals surface area contributed by atoms with Crippen LogP contribution in [0.15, 0.2) is 12.7 Å². The minimum atomic E-state index is -3.98. The highest BCUT2D eigenvalue weighted by molar-refractivity contribution is 7.51. The van der Waals surface area contributed by atoms with Crippen molar-refractivity contribution in [1.29, 1.82) is 0 Å². The van der Waals surface area contributed by atoms with Crippen LogP contribution in [0.2, 0.25) is 0 Å². The third-order valence-electron chi connectivity index (χ3n) is 2.16. The third kappa shape index (κ3) is 2.95. The Labute approximate surface area is 102 Å². The molecule has 18 heavy (non-hydrogen) atoms. The highest BCUT2D eigenvalue weighted by atomic mass is 31.2. The Morgan fingerprint density at radius 2 is 2.17 bits per heavy atom. The predicted molar refractivity (Wildman–Crippen MR) is 62.7 cm³/mol. The topological polar surface area (TPSA) is 136 Å². The standard InChI is InChI=1S/C8H12N5O4P/c9-7-6-8(11-4-10-7)13(5-12-6)17-2-1-3-18(14,15)16/h4-5H,1-3H2,(H2,9,10,11)(H2,14,15,16). The summed E-state index contributed by atoms with van der Waals surface area (Å²) >= 11 is 0. The van der Waals surface area contributed by atoms with Gasteiger partial charge in [-0.2, -0.15) is 4.73 Å². The van der Waals surface area contributed by atoms with Gasteiger partial charge in [-0.25, -0.2) is 15.0 Å². The fourth-order valence-corrected chi connectivity index (χ4v) is 1.90. The highest BCUT2D eigenvalue weighted by Crippen LogP contribution is 2.34. The van der Waals surface area contributed by atoms with Crippen LogP contribution in [0.3, 0.4) is 0 Å². The lowest BCUT2D eigenvalue weighted by Gasteiger charge is -2.07. The van der Waals surface area contributed by atoms with Crippen molar-refractivity contribution in [2.24, 2.45) is 0 Å². The first-order valence-electron chi connectivity index (χ1n) is 5.09. The van der Waals surface area contributed by atoms with Crippen molar-refractivity contribution in [1.82, 2.24) is 19.7 Å². The Bertz CT molecular complexity index is 594. The van der Waals surface area contributed by atoms with E-state index in [-0.39, 0.29) is 25.0 Å². The summed E-state index contributed by atoms with van der Waals surface area (Å²) in [5.41, 5.74) is 6.44. The van der Waals surface area contributed by atoms with Crippen molar-refractivity contribution in [3.05, 3.63) is 12.7 Å². The maximum atomic E-state index is 10.6. The first-order chi connectivity index (χ1) is 8.47. The molecular weight excluding hydrogens is 261 g/mol. The summed E-state index contributed by atoms with van der Waals surface area (Å²) < 4.78 is 11.9. The van der Waals surface area contributed by atoms with Gasteiger partial charge in [0, 0.05) is 0 Å². The lowest BCUT2D eigenvalue weighted by Crippen LogP contribution is -2.13.